The molecular weight excluding hydrogens is 291 g/mol. The molecule has 0 bridgehead atoms. The molecule has 1 aromatic rings. The maximum atomic E-state index is 11.9. The van der Waals surface area contributed by atoms with Gasteiger partial charge in [-0.05, 0) is 19.1 Å². The Labute approximate surface area is 121 Å². The molecule has 0 radical (unpaired) electrons. The molecule has 0 saturated carbocycles. The summed E-state index contributed by atoms with van der Waals surface area (Å²) in [6.45, 7) is 3.27. The predicted octanol–water partition coefficient (Wildman–Crippen LogP) is 3.77. The number of carbonyl (C=O) groups is 1. The van der Waals surface area contributed by atoms with E-state index in [9.17, 15) is 4.79 Å². The maximum absolute atomic E-state index is 11.9. The van der Waals surface area contributed by atoms with Crippen molar-refractivity contribution in [3.63, 3.8) is 0 Å². The first-order chi connectivity index (χ1) is 8.63. The number of nitrogens with zero attached hydrogens (tertiary/aromatic N) is 1. The number of thioether (sulfide) groups is 1. The molecule has 6 heteroatoms. The van der Waals surface area contributed by atoms with Gasteiger partial charge in [-0.2, -0.15) is 0 Å². The van der Waals surface area contributed by atoms with Crippen LogP contribution in [-0.4, -0.2) is 29.8 Å². The Bertz CT molecular complexity index is 456. The fraction of sp³-hybridized carbons (Fsp3) is 0.417. The number of nitrogens with one attached hydrogen (secondary N) is 1. The summed E-state index contributed by atoms with van der Waals surface area (Å²) in [4.78, 5) is 13.7. The van der Waals surface area contributed by atoms with E-state index in [1.807, 2.05) is 17.9 Å². The van der Waals surface area contributed by atoms with Gasteiger partial charge < -0.3 is 10.2 Å². The Morgan fingerprint density at radius 3 is 3.00 bits per heavy atom. The van der Waals surface area contributed by atoms with Gasteiger partial charge in [-0.25, -0.2) is 4.79 Å². The summed E-state index contributed by atoms with van der Waals surface area (Å²) in [5, 5.41) is 4.01. The first-order valence-corrected chi connectivity index (χ1v) is 7.55. The number of carbonyl (C=O) groups excluding carboxylic acids is 1. The Morgan fingerprint density at radius 2 is 2.33 bits per heavy atom. The van der Waals surface area contributed by atoms with Crippen molar-refractivity contribution < 1.29 is 4.79 Å². The molecule has 2 rings (SSSR count). The van der Waals surface area contributed by atoms with E-state index >= 15 is 0 Å². The van der Waals surface area contributed by atoms with Crippen LogP contribution in [0.3, 0.4) is 0 Å². The van der Waals surface area contributed by atoms with Gasteiger partial charge in [0.2, 0.25) is 0 Å². The van der Waals surface area contributed by atoms with E-state index in [0.29, 0.717) is 16.6 Å². The number of hydrogen-bond acceptors (Lipinski definition) is 2. The molecule has 0 aromatic heterocycles. The lowest BCUT2D eigenvalue weighted by molar-refractivity contribution is 0.201. The summed E-state index contributed by atoms with van der Waals surface area (Å²) < 4.78 is 0. The van der Waals surface area contributed by atoms with Crippen molar-refractivity contribution >= 4 is 41.0 Å². The van der Waals surface area contributed by atoms with Gasteiger partial charge in [0.05, 0.1) is 0 Å². The second-order valence-electron chi connectivity index (χ2n) is 3.92. The van der Waals surface area contributed by atoms with Gasteiger partial charge in [0.15, 0.2) is 0 Å². The molecule has 0 spiro atoms. The second-order valence-corrected chi connectivity index (χ2v) is 5.95. The molecule has 1 heterocycles. The molecule has 1 aliphatic heterocycles. The van der Waals surface area contributed by atoms with Gasteiger partial charge in [0.25, 0.3) is 0 Å². The van der Waals surface area contributed by atoms with Crippen molar-refractivity contribution in [3.8, 4) is 0 Å². The van der Waals surface area contributed by atoms with Gasteiger partial charge in [-0.1, -0.05) is 29.3 Å². The third-order valence-corrected chi connectivity index (χ3v) is 4.51. The SMILES string of the molecule is CCNC(=O)N1CCS[C@H]1c1ccc(Cl)cc1Cl. The van der Waals surface area contributed by atoms with E-state index in [1.54, 1.807) is 23.9 Å². The van der Waals surface area contributed by atoms with E-state index < -0.39 is 0 Å². The fourth-order valence-corrected chi connectivity index (χ4v) is 3.76. The first kappa shape index (κ1) is 13.8. The predicted molar refractivity (Wildman–Crippen MR) is 77.4 cm³/mol. The second kappa shape index (κ2) is 6.04. The van der Waals surface area contributed by atoms with Crippen LogP contribution in [0.5, 0.6) is 0 Å². The summed E-state index contributed by atoms with van der Waals surface area (Å²) in [5.74, 6) is 0.917. The topological polar surface area (TPSA) is 32.3 Å². The van der Waals surface area contributed by atoms with Crippen LogP contribution >= 0.6 is 35.0 Å². The van der Waals surface area contributed by atoms with Gasteiger partial charge in [-0.3, -0.25) is 0 Å². The minimum Gasteiger partial charge on any atom is -0.338 e. The summed E-state index contributed by atoms with van der Waals surface area (Å²) in [6.07, 6.45) is 0. The standard InChI is InChI=1S/C12H14Cl2N2OS/c1-2-15-12(17)16-5-6-18-11(16)9-4-3-8(13)7-10(9)14/h3-4,7,11H,2,5-6H2,1H3,(H,15,17)/t11-/m0/s1. The lowest BCUT2D eigenvalue weighted by Gasteiger charge is -2.24. The Kier molecular flexibility index (Phi) is 4.65. The smallest absolute Gasteiger partial charge is 0.318 e. The van der Waals surface area contributed by atoms with Crippen LogP contribution in [0.2, 0.25) is 10.0 Å². The summed E-state index contributed by atoms with van der Waals surface area (Å²) in [5.41, 5.74) is 0.940. The minimum absolute atomic E-state index is 0.0266. The van der Waals surface area contributed by atoms with Crippen molar-refractivity contribution in [1.29, 1.82) is 0 Å². The zero-order chi connectivity index (χ0) is 13.1. The molecule has 0 unspecified atom stereocenters. The van der Waals surface area contributed by atoms with Crippen LogP contribution in [-0.2, 0) is 0 Å². The zero-order valence-corrected chi connectivity index (χ0v) is 12.3. The highest BCUT2D eigenvalue weighted by Crippen LogP contribution is 2.41. The highest BCUT2D eigenvalue weighted by Gasteiger charge is 2.31. The maximum Gasteiger partial charge on any atom is 0.318 e. The van der Waals surface area contributed by atoms with E-state index in [-0.39, 0.29) is 11.4 Å². The van der Waals surface area contributed by atoms with Crippen molar-refractivity contribution in [2.75, 3.05) is 18.8 Å². The third-order valence-electron chi connectivity index (χ3n) is 2.71. The van der Waals surface area contributed by atoms with Gasteiger partial charge in [-0.15, -0.1) is 11.8 Å². The van der Waals surface area contributed by atoms with Crippen molar-refractivity contribution in [1.82, 2.24) is 10.2 Å². The Morgan fingerprint density at radius 1 is 1.56 bits per heavy atom. The summed E-state index contributed by atoms with van der Waals surface area (Å²) >= 11 is 13.8. The quantitative estimate of drug-likeness (QED) is 0.902. The Hall–Kier alpha value is -0.580. The molecular formula is C12H14Cl2N2OS. The van der Waals surface area contributed by atoms with Gasteiger partial charge >= 0.3 is 6.03 Å². The third kappa shape index (κ3) is 2.87. The molecule has 1 N–H and O–H groups in total. The number of halogens is 2. The van der Waals surface area contributed by atoms with Gasteiger partial charge in [0.1, 0.15) is 5.37 Å². The van der Waals surface area contributed by atoms with Crippen molar-refractivity contribution in [2.45, 2.75) is 12.3 Å². The highest BCUT2D eigenvalue weighted by molar-refractivity contribution is 7.99. The van der Waals surface area contributed by atoms with E-state index in [2.05, 4.69) is 5.32 Å². The van der Waals surface area contributed by atoms with Crippen molar-refractivity contribution in [2.24, 2.45) is 0 Å². The van der Waals surface area contributed by atoms with Crippen LogP contribution in [0.1, 0.15) is 17.9 Å². The van der Waals surface area contributed by atoms with E-state index in [4.69, 9.17) is 23.2 Å². The Balaban J connectivity index is 2.23. The summed E-state index contributed by atoms with van der Waals surface area (Å²) in [7, 11) is 0. The molecule has 98 valence electrons. The molecule has 1 fully saturated rings. The van der Waals surface area contributed by atoms with Crippen LogP contribution in [0.25, 0.3) is 0 Å². The average Bonchev–Trinajstić information content (AvgIpc) is 2.78. The molecule has 0 aliphatic carbocycles. The first-order valence-electron chi connectivity index (χ1n) is 5.74. The zero-order valence-electron chi connectivity index (χ0n) is 9.95. The van der Waals surface area contributed by atoms with Gasteiger partial charge in [0, 0.05) is 34.5 Å². The lowest BCUT2D eigenvalue weighted by Crippen LogP contribution is -2.39. The average molecular weight is 305 g/mol. The number of amides is 2. The molecule has 1 aliphatic rings. The van der Waals surface area contributed by atoms with E-state index in [0.717, 1.165) is 17.9 Å². The van der Waals surface area contributed by atoms with Crippen LogP contribution < -0.4 is 5.32 Å². The molecule has 18 heavy (non-hydrogen) atoms. The molecule has 3 nitrogen and oxygen atoms in total. The number of benzene rings is 1. The van der Waals surface area contributed by atoms with Crippen molar-refractivity contribution in [3.05, 3.63) is 33.8 Å². The molecule has 1 saturated heterocycles. The number of urea groups is 1. The number of rotatable bonds is 2. The van der Waals surface area contributed by atoms with Crippen LogP contribution in [0, 0.1) is 0 Å². The molecule has 1 aromatic carbocycles. The normalized spacial score (nSPS) is 19.1. The van der Waals surface area contributed by atoms with Crippen LogP contribution in [0.15, 0.2) is 18.2 Å². The molecule has 1 atom stereocenters. The lowest BCUT2D eigenvalue weighted by atomic mass is 10.2. The van der Waals surface area contributed by atoms with Crippen LogP contribution in [0.4, 0.5) is 4.79 Å². The largest absolute Gasteiger partial charge is 0.338 e. The minimum atomic E-state index is -0.0430. The fourth-order valence-electron chi connectivity index (χ4n) is 1.89. The van der Waals surface area contributed by atoms with E-state index in [1.165, 1.54) is 0 Å². The monoisotopic (exact) mass is 304 g/mol. The number of hydrogen-bond donors (Lipinski definition) is 1. The molecule has 2 amide bonds. The highest BCUT2D eigenvalue weighted by atomic mass is 35.5. The summed E-state index contributed by atoms with van der Waals surface area (Å²) in [6, 6.07) is 5.36.